The zero-order valence-corrected chi connectivity index (χ0v) is 11.0. The van der Waals surface area contributed by atoms with Crippen LogP contribution in [-0.4, -0.2) is 51.8 Å². The summed E-state index contributed by atoms with van der Waals surface area (Å²) in [5, 5.41) is 2.45. The predicted octanol–water partition coefficient (Wildman–Crippen LogP) is -0.510. The lowest BCUT2D eigenvalue weighted by Crippen LogP contribution is -2.47. The monoisotopic (exact) mass is 261 g/mol. The Morgan fingerprint density at radius 3 is 2.17 bits per heavy atom. The van der Waals surface area contributed by atoms with Crippen LogP contribution in [0.2, 0.25) is 0 Å². The normalized spacial score (nSPS) is 13.3. The Morgan fingerprint density at radius 1 is 1.11 bits per heavy atom. The molecule has 1 N–H and O–H groups in total. The highest BCUT2D eigenvalue weighted by molar-refractivity contribution is 5.85. The minimum atomic E-state index is -0.906. The summed E-state index contributed by atoms with van der Waals surface area (Å²) < 4.78 is 13.7. The summed E-state index contributed by atoms with van der Waals surface area (Å²) in [6.07, 6.45) is 0.00350. The minimum absolute atomic E-state index is 0.00350. The SMILES string of the molecule is COCC(=O)N[C@@H](C(=O)OC)[C@@H](C)CC(=O)OC. The van der Waals surface area contributed by atoms with Gasteiger partial charge in [0.15, 0.2) is 0 Å². The summed E-state index contributed by atoms with van der Waals surface area (Å²) in [5.41, 5.74) is 0. The minimum Gasteiger partial charge on any atom is -0.469 e. The largest absolute Gasteiger partial charge is 0.469 e. The van der Waals surface area contributed by atoms with Crippen molar-refractivity contribution < 1.29 is 28.6 Å². The van der Waals surface area contributed by atoms with E-state index in [0.717, 1.165) is 0 Å². The molecular formula is C11H19NO6. The van der Waals surface area contributed by atoms with Gasteiger partial charge in [0.25, 0.3) is 0 Å². The average molecular weight is 261 g/mol. The van der Waals surface area contributed by atoms with Crippen LogP contribution in [0.15, 0.2) is 0 Å². The van der Waals surface area contributed by atoms with Crippen LogP contribution in [0, 0.1) is 5.92 Å². The van der Waals surface area contributed by atoms with E-state index < -0.39 is 29.8 Å². The number of nitrogens with one attached hydrogen (secondary N) is 1. The van der Waals surface area contributed by atoms with E-state index in [-0.39, 0.29) is 13.0 Å². The van der Waals surface area contributed by atoms with Crippen LogP contribution in [0.25, 0.3) is 0 Å². The molecule has 0 aliphatic rings. The van der Waals surface area contributed by atoms with Gasteiger partial charge in [-0.05, 0) is 5.92 Å². The molecule has 7 nitrogen and oxygen atoms in total. The number of esters is 2. The van der Waals surface area contributed by atoms with Gasteiger partial charge in [-0.25, -0.2) is 4.79 Å². The molecule has 0 rings (SSSR count). The molecule has 2 atom stereocenters. The number of hydrogen-bond donors (Lipinski definition) is 1. The molecule has 0 aromatic heterocycles. The molecule has 104 valence electrons. The summed E-state index contributed by atoms with van der Waals surface area (Å²) in [6, 6.07) is -0.906. The standard InChI is InChI=1S/C11H19NO6/c1-7(5-9(14)17-3)10(11(15)18-4)12-8(13)6-16-2/h7,10H,5-6H2,1-4H3,(H,12,13)/t7-,10+/m0/s1. The highest BCUT2D eigenvalue weighted by atomic mass is 16.5. The zero-order valence-electron chi connectivity index (χ0n) is 11.0. The van der Waals surface area contributed by atoms with E-state index >= 15 is 0 Å². The molecule has 0 saturated carbocycles. The van der Waals surface area contributed by atoms with Crippen molar-refractivity contribution in [3.63, 3.8) is 0 Å². The molecule has 0 fully saturated rings. The van der Waals surface area contributed by atoms with Gasteiger partial charge in [0.1, 0.15) is 12.6 Å². The van der Waals surface area contributed by atoms with Gasteiger partial charge < -0.3 is 19.5 Å². The lowest BCUT2D eigenvalue weighted by Gasteiger charge is -2.21. The van der Waals surface area contributed by atoms with Crippen molar-refractivity contribution in [2.75, 3.05) is 27.9 Å². The van der Waals surface area contributed by atoms with E-state index in [1.54, 1.807) is 6.92 Å². The fourth-order valence-corrected chi connectivity index (χ4v) is 1.37. The summed E-state index contributed by atoms with van der Waals surface area (Å²) >= 11 is 0. The van der Waals surface area contributed by atoms with E-state index in [1.807, 2.05) is 0 Å². The van der Waals surface area contributed by atoms with Crippen LogP contribution in [0.5, 0.6) is 0 Å². The molecule has 0 aliphatic carbocycles. The number of rotatable bonds is 7. The molecule has 7 heteroatoms. The molecule has 0 heterocycles. The van der Waals surface area contributed by atoms with Crippen molar-refractivity contribution >= 4 is 17.8 Å². The first kappa shape index (κ1) is 16.4. The summed E-state index contributed by atoms with van der Waals surface area (Å²) in [7, 11) is 3.83. The van der Waals surface area contributed by atoms with Crippen LogP contribution in [0.3, 0.4) is 0 Å². The Hall–Kier alpha value is -1.63. The van der Waals surface area contributed by atoms with Crippen molar-refractivity contribution in [2.45, 2.75) is 19.4 Å². The third kappa shape index (κ3) is 5.62. The first-order valence-electron chi connectivity index (χ1n) is 5.39. The second-order valence-electron chi connectivity index (χ2n) is 3.76. The Bertz CT molecular complexity index is 304. The predicted molar refractivity (Wildman–Crippen MR) is 61.6 cm³/mol. The van der Waals surface area contributed by atoms with Crippen molar-refractivity contribution in [1.82, 2.24) is 5.32 Å². The summed E-state index contributed by atoms with van der Waals surface area (Å²) in [5.74, 6) is -1.97. The fourth-order valence-electron chi connectivity index (χ4n) is 1.37. The van der Waals surface area contributed by atoms with Gasteiger partial charge in [-0.1, -0.05) is 6.92 Å². The van der Waals surface area contributed by atoms with Crippen LogP contribution in [0.4, 0.5) is 0 Å². The highest BCUT2D eigenvalue weighted by Gasteiger charge is 2.29. The number of ether oxygens (including phenoxy) is 3. The average Bonchev–Trinajstić information content (AvgIpc) is 2.34. The smallest absolute Gasteiger partial charge is 0.328 e. The zero-order chi connectivity index (χ0) is 14.1. The number of hydrogen-bond acceptors (Lipinski definition) is 6. The third-order valence-corrected chi connectivity index (χ3v) is 2.33. The molecule has 0 aromatic rings. The van der Waals surface area contributed by atoms with E-state index in [1.165, 1.54) is 21.3 Å². The maximum Gasteiger partial charge on any atom is 0.328 e. The van der Waals surface area contributed by atoms with Crippen molar-refractivity contribution in [3.05, 3.63) is 0 Å². The van der Waals surface area contributed by atoms with Gasteiger partial charge >= 0.3 is 11.9 Å². The molecule has 0 bridgehead atoms. The van der Waals surface area contributed by atoms with Crippen LogP contribution < -0.4 is 5.32 Å². The van der Waals surface area contributed by atoms with Gasteiger partial charge in [0.2, 0.25) is 5.91 Å². The third-order valence-electron chi connectivity index (χ3n) is 2.33. The topological polar surface area (TPSA) is 90.9 Å². The van der Waals surface area contributed by atoms with Crippen molar-refractivity contribution in [1.29, 1.82) is 0 Å². The molecule has 0 spiro atoms. The number of carbonyl (C=O) groups excluding carboxylic acids is 3. The molecule has 0 unspecified atom stereocenters. The Labute approximate surface area is 106 Å². The Balaban J connectivity index is 4.61. The molecule has 18 heavy (non-hydrogen) atoms. The van der Waals surface area contributed by atoms with Crippen LogP contribution >= 0.6 is 0 Å². The molecule has 0 aliphatic heterocycles. The molecule has 1 amide bonds. The second-order valence-corrected chi connectivity index (χ2v) is 3.76. The number of carbonyl (C=O) groups is 3. The molecule has 0 saturated heterocycles. The summed E-state index contributed by atoms with van der Waals surface area (Å²) in [6.45, 7) is 1.48. The quantitative estimate of drug-likeness (QED) is 0.621. The van der Waals surface area contributed by atoms with Gasteiger partial charge in [0, 0.05) is 7.11 Å². The van der Waals surface area contributed by atoms with Crippen molar-refractivity contribution in [2.24, 2.45) is 5.92 Å². The molecule has 0 radical (unpaired) electrons. The Morgan fingerprint density at radius 2 is 1.72 bits per heavy atom. The van der Waals surface area contributed by atoms with E-state index in [2.05, 4.69) is 19.5 Å². The molecular weight excluding hydrogens is 242 g/mol. The lowest BCUT2D eigenvalue weighted by molar-refractivity contribution is -0.148. The van der Waals surface area contributed by atoms with Crippen LogP contribution in [0.1, 0.15) is 13.3 Å². The van der Waals surface area contributed by atoms with Gasteiger partial charge in [-0.15, -0.1) is 0 Å². The maximum atomic E-state index is 11.5. The van der Waals surface area contributed by atoms with E-state index in [0.29, 0.717) is 0 Å². The summed E-state index contributed by atoms with van der Waals surface area (Å²) in [4.78, 5) is 34.0. The fraction of sp³-hybridized carbons (Fsp3) is 0.727. The molecule has 0 aromatic carbocycles. The van der Waals surface area contributed by atoms with E-state index in [4.69, 9.17) is 0 Å². The first-order chi connectivity index (χ1) is 8.46. The first-order valence-corrected chi connectivity index (χ1v) is 5.39. The van der Waals surface area contributed by atoms with Crippen LogP contribution in [-0.2, 0) is 28.6 Å². The number of methoxy groups -OCH3 is 3. The highest BCUT2D eigenvalue weighted by Crippen LogP contribution is 2.11. The second kappa shape index (κ2) is 8.46. The van der Waals surface area contributed by atoms with Gasteiger partial charge in [0.05, 0.1) is 20.6 Å². The van der Waals surface area contributed by atoms with Gasteiger partial charge in [-0.3, -0.25) is 9.59 Å². The van der Waals surface area contributed by atoms with Crippen molar-refractivity contribution in [3.8, 4) is 0 Å². The lowest BCUT2D eigenvalue weighted by atomic mass is 9.98. The van der Waals surface area contributed by atoms with Gasteiger partial charge in [-0.2, -0.15) is 0 Å². The van der Waals surface area contributed by atoms with E-state index in [9.17, 15) is 14.4 Å². The Kier molecular flexibility index (Phi) is 7.69. The maximum absolute atomic E-state index is 11.5. The number of amides is 1.